The van der Waals surface area contributed by atoms with Gasteiger partial charge in [-0.15, -0.1) is 22.9 Å². The van der Waals surface area contributed by atoms with Gasteiger partial charge in [0.2, 0.25) is 10.0 Å². The summed E-state index contributed by atoms with van der Waals surface area (Å²) in [5, 5.41) is 1.84. The summed E-state index contributed by atoms with van der Waals surface area (Å²) in [5.74, 6) is 0.214. The molecule has 0 atom stereocenters. The van der Waals surface area contributed by atoms with Gasteiger partial charge in [-0.25, -0.2) is 8.42 Å². The van der Waals surface area contributed by atoms with Crippen molar-refractivity contribution >= 4 is 33.0 Å². The van der Waals surface area contributed by atoms with E-state index in [1.54, 1.807) is 14.0 Å². The van der Waals surface area contributed by atoms with Crippen LogP contribution in [0.25, 0.3) is 0 Å². The first-order chi connectivity index (χ1) is 9.86. The van der Waals surface area contributed by atoms with Gasteiger partial charge in [0.05, 0.1) is 5.88 Å². The number of halogens is 1. The van der Waals surface area contributed by atoms with Crippen LogP contribution < -0.4 is 0 Å². The maximum absolute atomic E-state index is 12.7. The second-order valence-corrected chi connectivity index (χ2v) is 8.26. The fourth-order valence-electron chi connectivity index (χ4n) is 2.12. The number of hydrogen-bond donors (Lipinski definition) is 0. The number of hydrogen-bond acceptors (Lipinski definition) is 3. The number of sulfonamides is 1. The quantitative estimate of drug-likeness (QED) is 0.771. The zero-order valence-electron chi connectivity index (χ0n) is 12.3. The molecule has 2 aromatic rings. The molecule has 0 fully saturated rings. The van der Waals surface area contributed by atoms with Gasteiger partial charge in [-0.3, -0.25) is 0 Å². The summed E-state index contributed by atoms with van der Waals surface area (Å²) in [6.07, 6.45) is 0. The van der Waals surface area contributed by atoms with Crippen LogP contribution in [0.2, 0.25) is 0 Å². The normalized spacial score (nSPS) is 12.0. The minimum atomic E-state index is -3.52. The van der Waals surface area contributed by atoms with Crippen molar-refractivity contribution in [3.63, 3.8) is 0 Å². The molecule has 1 aromatic carbocycles. The highest BCUT2D eigenvalue weighted by Gasteiger charge is 2.27. The molecule has 0 spiro atoms. The highest BCUT2D eigenvalue weighted by Crippen LogP contribution is 2.30. The predicted octanol–water partition coefficient (Wildman–Crippen LogP) is 3.92. The van der Waals surface area contributed by atoms with Crippen LogP contribution in [0.4, 0.5) is 0 Å². The Labute approximate surface area is 135 Å². The third kappa shape index (κ3) is 3.48. The average molecular weight is 344 g/mol. The van der Waals surface area contributed by atoms with Crippen molar-refractivity contribution < 1.29 is 8.42 Å². The zero-order chi connectivity index (χ0) is 15.6. The summed E-state index contributed by atoms with van der Waals surface area (Å²) in [4.78, 5) is 1.06. The molecule has 0 amide bonds. The van der Waals surface area contributed by atoms with E-state index in [4.69, 9.17) is 11.6 Å². The largest absolute Gasteiger partial charge is 0.244 e. The van der Waals surface area contributed by atoms with Crippen molar-refractivity contribution in [1.29, 1.82) is 0 Å². The average Bonchev–Trinajstić information content (AvgIpc) is 2.83. The standard InChI is InChI=1S/C15H18ClNO2S2/c1-11-4-6-13(7-5-11)9-17(3)21(18,19)15-12(2)10-20-14(15)8-16/h4-7,10H,8-9H2,1-3H3. The van der Waals surface area contributed by atoms with E-state index < -0.39 is 10.0 Å². The van der Waals surface area contributed by atoms with E-state index in [0.717, 1.165) is 16.7 Å². The molecule has 0 saturated carbocycles. The smallest absolute Gasteiger partial charge is 0.207 e. The molecule has 0 unspecified atom stereocenters. The van der Waals surface area contributed by atoms with Crippen LogP contribution in [-0.4, -0.2) is 19.8 Å². The Morgan fingerprint density at radius 2 is 1.81 bits per heavy atom. The van der Waals surface area contributed by atoms with Gasteiger partial charge in [0.15, 0.2) is 0 Å². The van der Waals surface area contributed by atoms with Crippen LogP contribution in [0.3, 0.4) is 0 Å². The topological polar surface area (TPSA) is 37.4 Å². The van der Waals surface area contributed by atoms with Gasteiger partial charge in [-0.2, -0.15) is 4.31 Å². The fraction of sp³-hybridized carbons (Fsp3) is 0.333. The molecule has 21 heavy (non-hydrogen) atoms. The Hall–Kier alpha value is -0.880. The Kier molecular flexibility index (Phi) is 5.09. The first-order valence-electron chi connectivity index (χ1n) is 6.51. The summed E-state index contributed by atoms with van der Waals surface area (Å²) in [5.41, 5.74) is 2.88. The molecule has 0 N–H and O–H groups in total. The van der Waals surface area contributed by atoms with Gasteiger partial charge >= 0.3 is 0 Å². The van der Waals surface area contributed by atoms with Crippen molar-refractivity contribution in [2.24, 2.45) is 0 Å². The van der Waals surface area contributed by atoms with Gasteiger partial charge in [-0.05, 0) is 30.4 Å². The fourth-order valence-corrected chi connectivity index (χ4v) is 5.28. The lowest BCUT2D eigenvalue weighted by molar-refractivity contribution is 0.466. The zero-order valence-corrected chi connectivity index (χ0v) is 14.6. The lowest BCUT2D eigenvalue weighted by atomic mass is 10.1. The molecule has 2 rings (SSSR count). The lowest BCUT2D eigenvalue weighted by Gasteiger charge is -2.18. The minimum absolute atomic E-state index is 0.214. The van der Waals surface area contributed by atoms with Crippen LogP contribution in [0, 0.1) is 13.8 Å². The first kappa shape index (κ1) is 16.5. The second kappa shape index (κ2) is 6.48. The van der Waals surface area contributed by atoms with E-state index in [0.29, 0.717) is 16.3 Å². The van der Waals surface area contributed by atoms with E-state index in [1.807, 2.05) is 36.6 Å². The molecule has 0 aliphatic rings. The molecule has 0 saturated heterocycles. The van der Waals surface area contributed by atoms with Crippen LogP contribution in [0.1, 0.15) is 21.6 Å². The first-order valence-corrected chi connectivity index (χ1v) is 9.36. The van der Waals surface area contributed by atoms with Crippen LogP contribution in [0.5, 0.6) is 0 Å². The van der Waals surface area contributed by atoms with Gasteiger partial charge in [0.1, 0.15) is 4.90 Å². The van der Waals surface area contributed by atoms with Crippen molar-refractivity contribution in [3.8, 4) is 0 Å². The lowest BCUT2D eigenvalue weighted by Crippen LogP contribution is -2.27. The number of benzene rings is 1. The summed E-state index contributed by atoms with van der Waals surface area (Å²) in [7, 11) is -1.92. The number of thiophene rings is 1. The maximum Gasteiger partial charge on any atom is 0.244 e. The van der Waals surface area contributed by atoms with Crippen molar-refractivity contribution in [3.05, 3.63) is 51.2 Å². The molecular formula is C15H18ClNO2S2. The molecule has 0 aliphatic carbocycles. The number of aryl methyl sites for hydroxylation is 2. The van der Waals surface area contributed by atoms with Crippen molar-refractivity contribution in [2.75, 3.05) is 7.05 Å². The molecule has 114 valence electrons. The van der Waals surface area contributed by atoms with E-state index in [9.17, 15) is 8.42 Å². The SMILES string of the molecule is Cc1ccc(CN(C)S(=O)(=O)c2c(C)csc2CCl)cc1. The summed E-state index contributed by atoms with van der Waals surface area (Å²) in [6, 6.07) is 7.86. The Morgan fingerprint density at radius 3 is 2.38 bits per heavy atom. The summed E-state index contributed by atoms with van der Waals surface area (Å²) in [6.45, 7) is 4.16. The van der Waals surface area contributed by atoms with E-state index in [1.165, 1.54) is 15.6 Å². The van der Waals surface area contributed by atoms with Gasteiger partial charge in [-0.1, -0.05) is 29.8 Å². The molecule has 0 radical (unpaired) electrons. The number of alkyl halides is 1. The predicted molar refractivity (Wildman–Crippen MR) is 88.4 cm³/mol. The van der Waals surface area contributed by atoms with Crippen molar-refractivity contribution in [2.45, 2.75) is 31.2 Å². The van der Waals surface area contributed by atoms with Gasteiger partial charge in [0.25, 0.3) is 0 Å². The third-order valence-corrected chi connectivity index (χ3v) is 7.00. The third-order valence-electron chi connectivity index (χ3n) is 3.30. The van der Waals surface area contributed by atoms with Gasteiger partial charge in [0, 0.05) is 18.5 Å². The van der Waals surface area contributed by atoms with Crippen LogP contribution >= 0.6 is 22.9 Å². The van der Waals surface area contributed by atoms with Crippen LogP contribution in [-0.2, 0) is 22.4 Å². The molecular weight excluding hydrogens is 326 g/mol. The molecule has 1 aromatic heterocycles. The molecule has 6 heteroatoms. The molecule has 1 heterocycles. The molecule has 0 aliphatic heterocycles. The van der Waals surface area contributed by atoms with E-state index >= 15 is 0 Å². The van der Waals surface area contributed by atoms with Crippen LogP contribution in [0.15, 0.2) is 34.5 Å². The molecule has 3 nitrogen and oxygen atoms in total. The monoisotopic (exact) mass is 343 g/mol. The van der Waals surface area contributed by atoms with Crippen molar-refractivity contribution in [1.82, 2.24) is 4.31 Å². The second-order valence-electron chi connectivity index (χ2n) is 5.05. The van der Waals surface area contributed by atoms with E-state index in [-0.39, 0.29) is 5.88 Å². The highest BCUT2D eigenvalue weighted by molar-refractivity contribution is 7.89. The Balaban J connectivity index is 2.30. The summed E-state index contributed by atoms with van der Waals surface area (Å²) >= 11 is 7.25. The van der Waals surface area contributed by atoms with E-state index in [2.05, 4.69) is 0 Å². The number of rotatable bonds is 5. The minimum Gasteiger partial charge on any atom is -0.207 e. The van der Waals surface area contributed by atoms with Gasteiger partial charge < -0.3 is 0 Å². The Morgan fingerprint density at radius 1 is 1.19 bits per heavy atom. The highest BCUT2D eigenvalue weighted by atomic mass is 35.5. The maximum atomic E-state index is 12.7. The molecule has 0 bridgehead atoms. The number of nitrogens with zero attached hydrogens (tertiary/aromatic N) is 1. The summed E-state index contributed by atoms with van der Waals surface area (Å²) < 4.78 is 26.9. The Bertz CT molecular complexity index is 721.